The maximum Gasteiger partial charge on any atom is 0.0726 e. The van der Waals surface area contributed by atoms with Crippen LogP contribution in [0.2, 0.25) is 0 Å². The second-order valence-electron chi connectivity index (χ2n) is 6.46. The Balaban J connectivity index is 1.63. The maximum absolute atomic E-state index is 5.71. The zero-order chi connectivity index (χ0) is 14.5. The first kappa shape index (κ1) is 15.0. The Morgan fingerprint density at radius 3 is 2.86 bits per heavy atom. The first-order valence-corrected chi connectivity index (χ1v) is 8.41. The summed E-state index contributed by atoms with van der Waals surface area (Å²) < 4.78 is 5.71. The number of rotatable bonds is 4. The number of ether oxygens (including phenoxy) is 1. The molecule has 0 bridgehead atoms. The summed E-state index contributed by atoms with van der Waals surface area (Å²) >= 11 is 0. The summed E-state index contributed by atoms with van der Waals surface area (Å²) in [6.45, 7) is 3.50. The molecule has 2 fully saturated rings. The molecule has 1 aliphatic heterocycles. The third-order valence-corrected chi connectivity index (χ3v) is 5.02. The molecule has 116 valence electrons. The van der Waals surface area contributed by atoms with E-state index in [2.05, 4.69) is 40.5 Å². The van der Waals surface area contributed by atoms with Crippen molar-refractivity contribution in [3.05, 3.63) is 35.9 Å². The summed E-state index contributed by atoms with van der Waals surface area (Å²) in [6, 6.07) is 12.1. The molecule has 1 saturated carbocycles. The van der Waals surface area contributed by atoms with Gasteiger partial charge in [-0.15, -0.1) is 0 Å². The van der Waals surface area contributed by atoms with E-state index in [9.17, 15) is 0 Å². The fourth-order valence-corrected chi connectivity index (χ4v) is 3.96. The van der Waals surface area contributed by atoms with Gasteiger partial charge in [0.1, 0.15) is 0 Å². The molecule has 0 aromatic heterocycles. The van der Waals surface area contributed by atoms with Crippen molar-refractivity contribution in [2.24, 2.45) is 0 Å². The zero-order valence-corrected chi connectivity index (χ0v) is 13.1. The largest absolute Gasteiger partial charge is 0.380 e. The van der Waals surface area contributed by atoms with Gasteiger partial charge >= 0.3 is 0 Å². The molecule has 3 heteroatoms. The Bertz CT molecular complexity index is 422. The summed E-state index contributed by atoms with van der Waals surface area (Å²) in [5.74, 6) is 0. The number of nitrogens with zero attached hydrogens (tertiary/aromatic N) is 1. The number of benzene rings is 1. The Labute approximate surface area is 128 Å². The molecule has 3 rings (SSSR count). The highest BCUT2D eigenvalue weighted by Crippen LogP contribution is 2.27. The van der Waals surface area contributed by atoms with Gasteiger partial charge < -0.3 is 10.1 Å². The average Bonchev–Trinajstić information content (AvgIpc) is 2.88. The van der Waals surface area contributed by atoms with Gasteiger partial charge in [0.05, 0.1) is 6.10 Å². The van der Waals surface area contributed by atoms with Crippen LogP contribution < -0.4 is 5.32 Å². The molecule has 3 unspecified atom stereocenters. The molecule has 3 atom stereocenters. The van der Waals surface area contributed by atoms with Crippen LogP contribution in [0.5, 0.6) is 0 Å². The fraction of sp³-hybridized carbons (Fsp3) is 0.667. The van der Waals surface area contributed by atoms with E-state index in [1.165, 1.54) is 37.8 Å². The molecule has 1 heterocycles. The van der Waals surface area contributed by atoms with Gasteiger partial charge in [-0.3, -0.25) is 4.90 Å². The van der Waals surface area contributed by atoms with Gasteiger partial charge in [0.15, 0.2) is 0 Å². The Kier molecular flexibility index (Phi) is 5.28. The van der Waals surface area contributed by atoms with E-state index in [-0.39, 0.29) is 0 Å². The number of nitrogens with one attached hydrogen (secondary N) is 1. The minimum Gasteiger partial charge on any atom is -0.380 e. The number of hydrogen-bond acceptors (Lipinski definition) is 3. The van der Waals surface area contributed by atoms with Crippen LogP contribution in [0.3, 0.4) is 0 Å². The monoisotopic (exact) mass is 288 g/mol. The van der Waals surface area contributed by atoms with Crippen LogP contribution in [0.25, 0.3) is 0 Å². The zero-order valence-electron chi connectivity index (χ0n) is 13.1. The van der Waals surface area contributed by atoms with Crippen LogP contribution in [0.1, 0.15) is 31.2 Å². The van der Waals surface area contributed by atoms with Gasteiger partial charge in [0.2, 0.25) is 0 Å². The molecule has 0 spiro atoms. The molecule has 0 radical (unpaired) electrons. The quantitative estimate of drug-likeness (QED) is 0.921. The van der Waals surface area contributed by atoms with E-state index in [4.69, 9.17) is 4.74 Å². The maximum atomic E-state index is 5.71. The Morgan fingerprint density at radius 2 is 2.05 bits per heavy atom. The van der Waals surface area contributed by atoms with Crippen molar-refractivity contribution in [3.63, 3.8) is 0 Å². The van der Waals surface area contributed by atoms with Crippen LogP contribution >= 0.6 is 0 Å². The molecule has 1 aliphatic carbocycles. The summed E-state index contributed by atoms with van der Waals surface area (Å²) in [5, 5.41) is 3.73. The van der Waals surface area contributed by atoms with Crippen molar-refractivity contribution in [2.45, 2.75) is 50.3 Å². The lowest BCUT2D eigenvalue weighted by Gasteiger charge is -2.33. The smallest absolute Gasteiger partial charge is 0.0726 e. The molecule has 1 aromatic carbocycles. The van der Waals surface area contributed by atoms with Crippen LogP contribution in [0, 0.1) is 0 Å². The number of methoxy groups -OCH3 is 1. The Morgan fingerprint density at radius 1 is 1.19 bits per heavy atom. The van der Waals surface area contributed by atoms with Crippen molar-refractivity contribution in [3.8, 4) is 0 Å². The van der Waals surface area contributed by atoms with Crippen molar-refractivity contribution in [1.82, 2.24) is 10.2 Å². The number of hydrogen-bond donors (Lipinski definition) is 1. The van der Waals surface area contributed by atoms with Gasteiger partial charge in [0, 0.05) is 25.7 Å². The highest BCUT2D eigenvalue weighted by molar-refractivity contribution is 5.16. The predicted molar refractivity (Wildman–Crippen MR) is 86.6 cm³/mol. The highest BCUT2D eigenvalue weighted by atomic mass is 16.5. The molecule has 1 N–H and O–H groups in total. The summed E-state index contributed by atoms with van der Waals surface area (Å²) in [7, 11) is 1.88. The highest BCUT2D eigenvalue weighted by Gasteiger charge is 2.33. The fourth-order valence-electron chi connectivity index (χ4n) is 3.96. The van der Waals surface area contributed by atoms with Crippen LogP contribution in [0.4, 0.5) is 0 Å². The van der Waals surface area contributed by atoms with E-state index in [1.54, 1.807) is 0 Å². The molecular weight excluding hydrogens is 260 g/mol. The van der Waals surface area contributed by atoms with Crippen LogP contribution in [-0.4, -0.2) is 49.8 Å². The van der Waals surface area contributed by atoms with E-state index in [0.717, 1.165) is 19.5 Å². The molecule has 1 saturated heterocycles. The Hall–Kier alpha value is -0.900. The van der Waals surface area contributed by atoms with Crippen LogP contribution in [0.15, 0.2) is 30.3 Å². The van der Waals surface area contributed by atoms with E-state index < -0.39 is 0 Å². The molecule has 3 nitrogen and oxygen atoms in total. The van der Waals surface area contributed by atoms with Crippen molar-refractivity contribution < 1.29 is 4.74 Å². The van der Waals surface area contributed by atoms with Crippen LogP contribution in [-0.2, 0) is 11.2 Å². The first-order chi connectivity index (χ1) is 10.4. The lowest BCUT2D eigenvalue weighted by Crippen LogP contribution is -2.46. The molecular formula is C18H28N2O. The van der Waals surface area contributed by atoms with Gasteiger partial charge in [-0.25, -0.2) is 0 Å². The van der Waals surface area contributed by atoms with Gasteiger partial charge in [-0.05, 0) is 50.8 Å². The first-order valence-electron chi connectivity index (χ1n) is 8.41. The summed E-state index contributed by atoms with van der Waals surface area (Å²) in [4.78, 5) is 2.69. The predicted octanol–water partition coefficient (Wildman–Crippen LogP) is 2.46. The van der Waals surface area contributed by atoms with E-state index in [1.807, 2.05) is 7.11 Å². The second kappa shape index (κ2) is 7.39. The second-order valence-corrected chi connectivity index (χ2v) is 6.46. The lowest BCUT2D eigenvalue weighted by atomic mass is 10.0. The standard InChI is InChI=1S/C18H28N2O/c1-21-18-10-5-9-17(18)20-12-6-11-19-16(14-20)13-15-7-3-2-4-8-15/h2-4,7-8,16-19H,5-6,9-14H2,1H3. The van der Waals surface area contributed by atoms with Crippen molar-refractivity contribution >= 4 is 0 Å². The molecule has 1 aromatic rings. The third-order valence-electron chi connectivity index (χ3n) is 5.02. The van der Waals surface area contributed by atoms with Gasteiger partial charge in [-0.1, -0.05) is 30.3 Å². The van der Waals surface area contributed by atoms with E-state index >= 15 is 0 Å². The average molecular weight is 288 g/mol. The topological polar surface area (TPSA) is 24.5 Å². The van der Waals surface area contributed by atoms with E-state index in [0.29, 0.717) is 18.2 Å². The normalized spacial score (nSPS) is 31.2. The SMILES string of the molecule is COC1CCCC1N1CCCNC(Cc2ccccc2)C1. The van der Waals surface area contributed by atoms with Gasteiger partial charge in [0.25, 0.3) is 0 Å². The molecule has 0 amide bonds. The van der Waals surface area contributed by atoms with Crippen molar-refractivity contribution in [1.29, 1.82) is 0 Å². The summed E-state index contributed by atoms with van der Waals surface area (Å²) in [6.07, 6.45) is 6.67. The molecule has 2 aliphatic rings. The van der Waals surface area contributed by atoms with Crippen molar-refractivity contribution in [2.75, 3.05) is 26.7 Å². The summed E-state index contributed by atoms with van der Waals surface area (Å²) in [5.41, 5.74) is 1.44. The minimum atomic E-state index is 0.445. The minimum absolute atomic E-state index is 0.445. The van der Waals surface area contributed by atoms with Gasteiger partial charge in [-0.2, -0.15) is 0 Å². The molecule has 21 heavy (non-hydrogen) atoms. The lowest BCUT2D eigenvalue weighted by molar-refractivity contribution is 0.0322. The third kappa shape index (κ3) is 3.85.